The number of carbonyl (C=O) groups is 2. The number of aromatic nitrogens is 1. The van der Waals surface area contributed by atoms with Gasteiger partial charge in [0.1, 0.15) is 11.6 Å². The van der Waals surface area contributed by atoms with Gasteiger partial charge in [0.25, 0.3) is 5.91 Å². The maximum atomic E-state index is 11.9. The molecular formula is C21H24N4O3. The second kappa shape index (κ2) is 8.12. The van der Waals surface area contributed by atoms with Gasteiger partial charge in [-0.15, -0.1) is 0 Å². The van der Waals surface area contributed by atoms with Crippen molar-refractivity contribution in [3.05, 3.63) is 54.1 Å². The summed E-state index contributed by atoms with van der Waals surface area (Å²) in [5, 5.41) is 0. The summed E-state index contributed by atoms with van der Waals surface area (Å²) < 4.78 is 5.40. The molecule has 1 fully saturated rings. The first-order valence-corrected chi connectivity index (χ1v) is 9.06. The van der Waals surface area contributed by atoms with E-state index in [9.17, 15) is 9.59 Å². The molecule has 0 unspecified atom stereocenters. The fraction of sp³-hybridized carbons (Fsp3) is 0.286. The number of pyridine rings is 1. The normalized spacial score (nSPS) is 13.9. The summed E-state index contributed by atoms with van der Waals surface area (Å²) in [6, 6.07) is 9.17. The lowest BCUT2D eigenvalue weighted by molar-refractivity contribution is -0.126. The highest BCUT2D eigenvalue weighted by Crippen LogP contribution is 2.30. The molecule has 2 aromatic rings. The van der Waals surface area contributed by atoms with Gasteiger partial charge in [-0.25, -0.2) is 4.98 Å². The van der Waals surface area contributed by atoms with Crippen LogP contribution in [-0.2, 0) is 4.79 Å². The van der Waals surface area contributed by atoms with E-state index in [1.54, 1.807) is 24.1 Å². The van der Waals surface area contributed by atoms with E-state index in [0.29, 0.717) is 37.4 Å². The third kappa shape index (κ3) is 3.83. The van der Waals surface area contributed by atoms with E-state index in [-0.39, 0.29) is 5.91 Å². The van der Waals surface area contributed by atoms with Crippen LogP contribution in [0.2, 0.25) is 0 Å². The summed E-state index contributed by atoms with van der Waals surface area (Å²) >= 11 is 0. The zero-order valence-corrected chi connectivity index (χ0v) is 16.1. The minimum absolute atomic E-state index is 0.0656. The van der Waals surface area contributed by atoms with Gasteiger partial charge >= 0.3 is 0 Å². The van der Waals surface area contributed by atoms with Crippen molar-refractivity contribution in [2.24, 2.45) is 5.73 Å². The van der Waals surface area contributed by atoms with Gasteiger partial charge in [0.05, 0.1) is 18.4 Å². The third-order valence-corrected chi connectivity index (χ3v) is 4.92. The number of nitrogens with zero attached hydrogens (tertiary/aromatic N) is 3. The zero-order valence-electron chi connectivity index (χ0n) is 16.1. The Balaban J connectivity index is 1.94. The van der Waals surface area contributed by atoms with Crippen LogP contribution < -0.4 is 15.4 Å². The van der Waals surface area contributed by atoms with Crippen molar-refractivity contribution in [3.63, 3.8) is 0 Å². The molecule has 146 valence electrons. The summed E-state index contributed by atoms with van der Waals surface area (Å²) in [5.41, 5.74) is 8.20. The van der Waals surface area contributed by atoms with Gasteiger partial charge in [0.15, 0.2) is 0 Å². The molecule has 0 saturated carbocycles. The van der Waals surface area contributed by atoms with Crippen molar-refractivity contribution in [2.75, 3.05) is 38.2 Å². The van der Waals surface area contributed by atoms with E-state index in [0.717, 1.165) is 22.7 Å². The molecule has 0 aliphatic carbocycles. The summed E-state index contributed by atoms with van der Waals surface area (Å²) in [6.45, 7) is 7.98. The largest absolute Gasteiger partial charge is 0.496 e. The van der Waals surface area contributed by atoms with Crippen LogP contribution in [0.15, 0.2) is 43.0 Å². The minimum Gasteiger partial charge on any atom is -0.496 e. The van der Waals surface area contributed by atoms with Gasteiger partial charge in [-0.1, -0.05) is 18.7 Å². The lowest BCUT2D eigenvalue weighted by Gasteiger charge is -2.35. The Kier molecular flexibility index (Phi) is 5.63. The SMILES string of the molecule is C=CC(=O)N1CCN(c2ccc(C(N)=O)c(-c3ccc(C)c(OC)c3)n2)CC1. The molecule has 1 saturated heterocycles. The minimum atomic E-state index is -0.532. The van der Waals surface area contributed by atoms with Crippen LogP contribution in [0.4, 0.5) is 5.82 Å². The lowest BCUT2D eigenvalue weighted by Crippen LogP contribution is -2.48. The number of aryl methyl sites for hydroxylation is 1. The van der Waals surface area contributed by atoms with E-state index in [4.69, 9.17) is 15.5 Å². The van der Waals surface area contributed by atoms with Crippen molar-refractivity contribution in [3.8, 4) is 17.0 Å². The van der Waals surface area contributed by atoms with E-state index < -0.39 is 5.91 Å². The van der Waals surface area contributed by atoms with Crippen LogP contribution in [0.3, 0.4) is 0 Å². The lowest BCUT2D eigenvalue weighted by atomic mass is 10.0. The summed E-state index contributed by atoms with van der Waals surface area (Å²) in [4.78, 5) is 32.3. The predicted molar refractivity (Wildman–Crippen MR) is 108 cm³/mol. The Hall–Kier alpha value is -3.35. The van der Waals surface area contributed by atoms with Crippen molar-refractivity contribution in [2.45, 2.75) is 6.92 Å². The van der Waals surface area contributed by atoms with E-state index in [1.165, 1.54) is 6.08 Å². The van der Waals surface area contributed by atoms with E-state index >= 15 is 0 Å². The molecule has 3 rings (SSSR count). The third-order valence-electron chi connectivity index (χ3n) is 4.92. The molecule has 7 nitrogen and oxygen atoms in total. The molecule has 28 heavy (non-hydrogen) atoms. The number of amides is 2. The number of piperazine rings is 1. The molecule has 1 aliphatic rings. The molecule has 2 heterocycles. The van der Waals surface area contributed by atoms with Crippen LogP contribution in [-0.4, -0.2) is 55.0 Å². The van der Waals surface area contributed by atoms with E-state index in [2.05, 4.69) is 11.5 Å². The molecular weight excluding hydrogens is 356 g/mol. The zero-order chi connectivity index (χ0) is 20.3. The molecule has 2 N–H and O–H groups in total. The number of anilines is 1. The van der Waals surface area contributed by atoms with Gasteiger partial charge in [0.2, 0.25) is 5.91 Å². The number of primary amides is 1. The number of hydrogen-bond donors (Lipinski definition) is 1. The van der Waals surface area contributed by atoms with Crippen molar-refractivity contribution in [1.29, 1.82) is 0 Å². The summed E-state index contributed by atoms with van der Waals surface area (Å²) in [7, 11) is 1.61. The molecule has 0 radical (unpaired) electrons. The highest BCUT2D eigenvalue weighted by atomic mass is 16.5. The molecule has 0 bridgehead atoms. The highest BCUT2D eigenvalue weighted by molar-refractivity contribution is 5.99. The summed E-state index contributed by atoms with van der Waals surface area (Å²) in [5.74, 6) is 0.862. The number of nitrogens with two attached hydrogens (primary N) is 1. The van der Waals surface area contributed by atoms with Gasteiger partial charge in [0, 0.05) is 31.7 Å². The fourth-order valence-corrected chi connectivity index (χ4v) is 3.30. The van der Waals surface area contributed by atoms with Gasteiger partial charge < -0.3 is 20.3 Å². The topological polar surface area (TPSA) is 88.8 Å². The van der Waals surface area contributed by atoms with Crippen LogP contribution in [0.25, 0.3) is 11.3 Å². The van der Waals surface area contributed by atoms with Crippen LogP contribution >= 0.6 is 0 Å². The first-order chi connectivity index (χ1) is 13.4. The smallest absolute Gasteiger partial charge is 0.250 e. The molecule has 1 aromatic carbocycles. The number of benzene rings is 1. The van der Waals surface area contributed by atoms with Gasteiger partial charge in [-0.05, 0) is 36.8 Å². The molecule has 0 spiro atoms. The second-order valence-corrected chi connectivity index (χ2v) is 6.63. The van der Waals surface area contributed by atoms with Crippen molar-refractivity contribution >= 4 is 17.6 Å². The predicted octanol–water partition coefficient (Wildman–Crippen LogP) is 2.00. The first-order valence-electron chi connectivity index (χ1n) is 9.06. The average molecular weight is 380 g/mol. The highest BCUT2D eigenvalue weighted by Gasteiger charge is 2.22. The van der Waals surface area contributed by atoms with Crippen LogP contribution in [0, 0.1) is 6.92 Å². The Bertz CT molecular complexity index is 918. The molecule has 2 amide bonds. The van der Waals surface area contributed by atoms with Crippen molar-refractivity contribution in [1.82, 2.24) is 9.88 Å². The standard InChI is InChI=1S/C21H24N4O3/c1-4-19(26)25-11-9-24(10-12-25)18-8-7-16(21(22)27)20(23-18)15-6-5-14(2)17(13-15)28-3/h4-8,13H,1,9-12H2,2-3H3,(H2,22,27). The molecule has 1 aliphatic heterocycles. The number of hydrogen-bond acceptors (Lipinski definition) is 5. The average Bonchev–Trinajstić information content (AvgIpc) is 2.73. The molecule has 1 aromatic heterocycles. The Labute approximate surface area is 164 Å². The van der Waals surface area contributed by atoms with Crippen LogP contribution in [0.5, 0.6) is 5.75 Å². The summed E-state index contributed by atoms with van der Waals surface area (Å²) in [6.07, 6.45) is 1.33. The Morgan fingerprint density at radius 1 is 1.18 bits per heavy atom. The number of rotatable bonds is 5. The van der Waals surface area contributed by atoms with Crippen molar-refractivity contribution < 1.29 is 14.3 Å². The van der Waals surface area contributed by atoms with E-state index in [1.807, 2.05) is 25.1 Å². The van der Waals surface area contributed by atoms with Gasteiger partial charge in [-0.3, -0.25) is 9.59 Å². The van der Waals surface area contributed by atoms with Gasteiger partial charge in [-0.2, -0.15) is 0 Å². The maximum Gasteiger partial charge on any atom is 0.250 e. The fourth-order valence-electron chi connectivity index (χ4n) is 3.30. The van der Waals surface area contributed by atoms with Crippen LogP contribution in [0.1, 0.15) is 15.9 Å². The molecule has 7 heteroatoms. The number of methoxy groups -OCH3 is 1. The second-order valence-electron chi connectivity index (χ2n) is 6.63. The molecule has 0 atom stereocenters. The number of carbonyl (C=O) groups excluding carboxylic acids is 2. The monoisotopic (exact) mass is 380 g/mol. The number of ether oxygens (including phenoxy) is 1. The quantitative estimate of drug-likeness (QED) is 0.802. The Morgan fingerprint density at radius 2 is 1.89 bits per heavy atom. The first kappa shape index (κ1) is 19.4. The maximum absolute atomic E-state index is 11.9. The Morgan fingerprint density at radius 3 is 2.50 bits per heavy atom.